The van der Waals surface area contributed by atoms with Gasteiger partial charge in [0.1, 0.15) is 11.4 Å². The van der Waals surface area contributed by atoms with Crippen molar-refractivity contribution >= 4 is 47.0 Å². The van der Waals surface area contributed by atoms with Gasteiger partial charge in [0.25, 0.3) is 0 Å². The summed E-state index contributed by atoms with van der Waals surface area (Å²) in [7, 11) is 3.69. The normalized spacial score (nSPS) is 11.0. The van der Waals surface area contributed by atoms with Gasteiger partial charge in [-0.15, -0.1) is 10.2 Å². The first-order valence-corrected chi connectivity index (χ1v) is 6.59. The number of hydrogen-bond acceptors (Lipinski definition) is 6. The minimum absolute atomic E-state index is 0.000599. The summed E-state index contributed by atoms with van der Waals surface area (Å²) in [5, 5.41) is 8.32. The molecule has 1 aromatic heterocycles. The van der Waals surface area contributed by atoms with Crippen LogP contribution in [0.1, 0.15) is 0 Å². The van der Waals surface area contributed by atoms with Crippen LogP contribution >= 0.6 is 23.2 Å². The summed E-state index contributed by atoms with van der Waals surface area (Å²) in [5.41, 5.74) is 12.6. The minimum Gasteiger partial charge on any atom is -0.382 e. The molecule has 0 aliphatic rings. The Morgan fingerprint density at radius 2 is 1.76 bits per heavy atom. The highest BCUT2D eigenvalue weighted by Crippen LogP contribution is 2.37. The van der Waals surface area contributed by atoms with Crippen LogP contribution in [0.3, 0.4) is 0 Å². The zero-order valence-electron chi connectivity index (χ0n) is 11.4. The van der Waals surface area contributed by atoms with Crippen LogP contribution < -0.4 is 11.5 Å². The molecular formula is C12H13Cl2N7. The maximum Gasteiger partial charge on any atom is 0.242 e. The van der Waals surface area contributed by atoms with E-state index < -0.39 is 0 Å². The molecule has 2 aromatic rings. The summed E-state index contributed by atoms with van der Waals surface area (Å²) in [6.07, 6.45) is 1.60. The number of benzene rings is 1. The lowest BCUT2D eigenvalue weighted by molar-refractivity contribution is 0.643. The van der Waals surface area contributed by atoms with Gasteiger partial charge >= 0.3 is 0 Å². The zero-order chi connectivity index (χ0) is 15.6. The van der Waals surface area contributed by atoms with E-state index in [2.05, 4.69) is 20.2 Å². The molecule has 0 bridgehead atoms. The molecule has 21 heavy (non-hydrogen) atoms. The Morgan fingerprint density at radius 3 is 2.29 bits per heavy atom. The van der Waals surface area contributed by atoms with Crippen molar-refractivity contribution in [1.29, 1.82) is 0 Å². The molecule has 1 aromatic carbocycles. The highest BCUT2D eigenvalue weighted by Gasteiger charge is 2.13. The molecule has 110 valence electrons. The van der Waals surface area contributed by atoms with Crippen LogP contribution in [-0.4, -0.2) is 40.5 Å². The number of hydrogen-bond donors (Lipinski definition) is 2. The number of nitrogens with zero attached hydrogens (tertiary/aromatic N) is 5. The molecule has 0 aliphatic heterocycles. The molecule has 0 spiro atoms. The van der Waals surface area contributed by atoms with Crippen molar-refractivity contribution in [2.45, 2.75) is 0 Å². The molecule has 7 nitrogen and oxygen atoms in total. The first-order valence-electron chi connectivity index (χ1n) is 5.84. The Bertz CT molecular complexity index is 677. The second kappa shape index (κ2) is 6.11. The van der Waals surface area contributed by atoms with Gasteiger partial charge in [0, 0.05) is 19.7 Å². The third-order valence-electron chi connectivity index (χ3n) is 2.44. The number of rotatable bonds is 3. The fraction of sp³-hybridized carbons (Fsp3) is 0.167. The summed E-state index contributed by atoms with van der Waals surface area (Å²) >= 11 is 12.4. The van der Waals surface area contributed by atoms with Crippen LogP contribution in [0.15, 0.2) is 17.1 Å². The Labute approximate surface area is 131 Å². The molecule has 0 unspecified atom stereocenters. The first kappa shape index (κ1) is 15.3. The summed E-state index contributed by atoms with van der Waals surface area (Å²) in [5.74, 6) is 0.153. The van der Waals surface area contributed by atoms with Crippen molar-refractivity contribution in [3.63, 3.8) is 0 Å². The first-order chi connectivity index (χ1) is 9.88. The quantitative estimate of drug-likeness (QED) is 0.662. The van der Waals surface area contributed by atoms with Crippen molar-refractivity contribution in [2.75, 3.05) is 25.6 Å². The van der Waals surface area contributed by atoms with Crippen LogP contribution in [0.2, 0.25) is 10.0 Å². The van der Waals surface area contributed by atoms with Crippen molar-refractivity contribution < 1.29 is 0 Å². The lowest BCUT2D eigenvalue weighted by atomic mass is 10.1. The summed E-state index contributed by atoms with van der Waals surface area (Å²) < 4.78 is 0. The Kier molecular flexibility index (Phi) is 4.44. The lowest BCUT2D eigenvalue weighted by Crippen LogP contribution is -2.07. The molecule has 0 aliphatic carbocycles. The van der Waals surface area contributed by atoms with Gasteiger partial charge in [-0.05, 0) is 12.1 Å². The largest absolute Gasteiger partial charge is 0.382 e. The molecule has 0 saturated carbocycles. The Morgan fingerprint density at radius 1 is 1.14 bits per heavy atom. The molecule has 1 heterocycles. The molecule has 0 fully saturated rings. The van der Waals surface area contributed by atoms with E-state index in [1.54, 1.807) is 23.4 Å². The average Bonchev–Trinajstić information content (AvgIpc) is 2.37. The van der Waals surface area contributed by atoms with Crippen LogP contribution in [-0.2, 0) is 0 Å². The van der Waals surface area contributed by atoms with Crippen molar-refractivity contribution in [3.8, 4) is 11.3 Å². The van der Waals surface area contributed by atoms with Gasteiger partial charge in [0.15, 0.2) is 5.82 Å². The van der Waals surface area contributed by atoms with E-state index in [0.717, 1.165) is 0 Å². The third-order valence-corrected chi connectivity index (χ3v) is 3.01. The second-order valence-electron chi connectivity index (χ2n) is 4.40. The Hall–Kier alpha value is -2.12. The van der Waals surface area contributed by atoms with Crippen molar-refractivity contribution in [1.82, 2.24) is 20.1 Å². The molecule has 9 heteroatoms. The fourth-order valence-electron chi connectivity index (χ4n) is 1.56. The lowest BCUT2D eigenvalue weighted by Gasteiger charge is -2.08. The van der Waals surface area contributed by atoms with Gasteiger partial charge in [-0.2, -0.15) is 4.98 Å². The number of anilines is 2. The van der Waals surface area contributed by atoms with Crippen LogP contribution in [0.25, 0.3) is 11.3 Å². The predicted molar refractivity (Wildman–Crippen MR) is 85.9 cm³/mol. The number of nitrogens with two attached hydrogens (primary N) is 2. The number of halogens is 2. The average molecular weight is 326 g/mol. The van der Waals surface area contributed by atoms with E-state index >= 15 is 0 Å². The van der Waals surface area contributed by atoms with Crippen molar-refractivity contribution in [2.24, 2.45) is 4.99 Å². The van der Waals surface area contributed by atoms with Gasteiger partial charge < -0.3 is 16.4 Å². The Balaban J connectivity index is 2.49. The fourth-order valence-corrected chi connectivity index (χ4v) is 2.14. The van der Waals surface area contributed by atoms with E-state index in [4.69, 9.17) is 34.7 Å². The number of aromatic nitrogens is 3. The van der Waals surface area contributed by atoms with Crippen LogP contribution in [0.4, 0.5) is 17.5 Å². The van der Waals surface area contributed by atoms with Gasteiger partial charge in [-0.1, -0.05) is 23.2 Å². The van der Waals surface area contributed by atoms with E-state index in [1.165, 1.54) is 0 Å². The van der Waals surface area contributed by atoms with E-state index in [0.29, 0.717) is 27.0 Å². The maximum atomic E-state index is 6.20. The molecule has 4 N–H and O–H groups in total. The number of aliphatic imine (C=N–C) groups is 1. The predicted octanol–water partition coefficient (Wildman–Crippen LogP) is 2.23. The van der Waals surface area contributed by atoms with E-state index in [1.807, 2.05) is 14.1 Å². The highest BCUT2D eigenvalue weighted by molar-refractivity contribution is 6.39. The molecule has 2 rings (SSSR count). The molecular weight excluding hydrogens is 313 g/mol. The van der Waals surface area contributed by atoms with E-state index in [9.17, 15) is 0 Å². The maximum absolute atomic E-state index is 6.20. The van der Waals surface area contributed by atoms with Crippen LogP contribution in [0.5, 0.6) is 0 Å². The summed E-state index contributed by atoms with van der Waals surface area (Å²) in [6.45, 7) is 0. The highest BCUT2D eigenvalue weighted by atomic mass is 35.5. The molecule has 0 saturated heterocycles. The van der Waals surface area contributed by atoms with Crippen molar-refractivity contribution in [3.05, 3.63) is 22.2 Å². The summed E-state index contributed by atoms with van der Waals surface area (Å²) in [4.78, 5) is 9.83. The van der Waals surface area contributed by atoms with Gasteiger partial charge in [0.05, 0.1) is 16.4 Å². The summed E-state index contributed by atoms with van der Waals surface area (Å²) in [6, 6.07) is 3.29. The molecule has 0 amide bonds. The smallest absolute Gasteiger partial charge is 0.242 e. The monoisotopic (exact) mass is 325 g/mol. The zero-order valence-corrected chi connectivity index (χ0v) is 12.9. The van der Waals surface area contributed by atoms with Crippen LogP contribution in [0, 0.1) is 0 Å². The second-order valence-corrected chi connectivity index (χ2v) is 5.21. The molecule has 0 atom stereocenters. The topological polar surface area (TPSA) is 106 Å². The minimum atomic E-state index is 0.000599. The molecule has 0 radical (unpaired) electrons. The number of nitrogen functional groups attached to an aromatic ring is 2. The van der Waals surface area contributed by atoms with Gasteiger partial charge in [-0.3, -0.25) is 0 Å². The standard InChI is InChI=1S/C12H13Cl2N7/c1-21(2)5-17-10-7(13)3-6(4-8(10)14)9-11(15)18-12(16)20-19-9/h3-5H,1-2H3,(H4,15,16,18,20)/b17-5+. The van der Waals surface area contributed by atoms with Gasteiger partial charge in [0.2, 0.25) is 5.95 Å². The van der Waals surface area contributed by atoms with E-state index in [-0.39, 0.29) is 11.8 Å². The van der Waals surface area contributed by atoms with Gasteiger partial charge in [-0.25, -0.2) is 4.99 Å². The SMILES string of the molecule is CN(C)/C=N/c1c(Cl)cc(-c2nnc(N)nc2N)cc1Cl. The third kappa shape index (κ3) is 3.50.